The molecular weight excluding hydrogens is 300 g/mol. The van der Waals surface area contributed by atoms with Gasteiger partial charge in [0.05, 0.1) is 17.3 Å². The summed E-state index contributed by atoms with van der Waals surface area (Å²) < 4.78 is 7.50. The van der Waals surface area contributed by atoms with Crippen molar-refractivity contribution < 1.29 is 4.74 Å². The van der Waals surface area contributed by atoms with Crippen molar-refractivity contribution in [2.24, 2.45) is 0 Å². The summed E-state index contributed by atoms with van der Waals surface area (Å²) in [6.07, 6.45) is 2.06. The van der Waals surface area contributed by atoms with E-state index in [1.807, 2.05) is 12.1 Å². The Bertz CT molecular complexity index is 738. The number of nitrogens with one attached hydrogen (secondary N) is 1. The fourth-order valence-corrected chi connectivity index (χ4v) is 3.58. The van der Waals surface area contributed by atoms with E-state index in [4.69, 9.17) is 4.74 Å². The van der Waals surface area contributed by atoms with Crippen LogP contribution in [-0.2, 0) is 6.54 Å². The third-order valence-corrected chi connectivity index (χ3v) is 5.20. The maximum Gasteiger partial charge on any atom is 0.150 e. The van der Waals surface area contributed by atoms with E-state index < -0.39 is 0 Å². The third kappa shape index (κ3) is 3.31. The van der Waals surface area contributed by atoms with Crippen molar-refractivity contribution in [1.29, 1.82) is 0 Å². The standard InChI is InChI=1S/C16H16N2OS2/c1-19-13-6-3-11(4-7-13)10-17-12-5-8-14-15(9-12)21-16(18-14)20-2/h3-9,17H,10H2,1-2H3. The van der Waals surface area contributed by atoms with Crippen molar-refractivity contribution in [3.05, 3.63) is 48.0 Å². The van der Waals surface area contributed by atoms with Gasteiger partial charge in [-0.05, 0) is 42.2 Å². The molecule has 1 heterocycles. The summed E-state index contributed by atoms with van der Waals surface area (Å²) in [5, 5.41) is 3.45. The molecule has 0 amide bonds. The van der Waals surface area contributed by atoms with E-state index in [0.717, 1.165) is 27.8 Å². The van der Waals surface area contributed by atoms with Gasteiger partial charge in [-0.25, -0.2) is 4.98 Å². The van der Waals surface area contributed by atoms with Crippen LogP contribution in [0.25, 0.3) is 10.2 Å². The van der Waals surface area contributed by atoms with Gasteiger partial charge in [0.15, 0.2) is 4.34 Å². The van der Waals surface area contributed by atoms with E-state index in [0.29, 0.717) is 0 Å². The van der Waals surface area contributed by atoms with Crippen molar-refractivity contribution in [2.45, 2.75) is 10.9 Å². The molecule has 3 nitrogen and oxygen atoms in total. The number of nitrogens with zero attached hydrogens (tertiary/aromatic N) is 1. The fourth-order valence-electron chi connectivity index (χ4n) is 2.05. The summed E-state index contributed by atoms with van der Waals surface area (Å²) in [5.41, 5.74) is 3.42. The minimum absolute atomic E-state index is 0.795. The van der Waals surface area contributed by atoms with Crippen LogP contribution in [0.1, 0.15) is 5.56 Å². The minimum atomic E-state index is 0.795. The predicted octanol–water partition coefficient (Wildman–Crippen LogP) is 4.64. The molecule has 0 aliphatic carbocycles. The first-order chi connectivity index (χ1) is 10.3. The first kappa shape index (κ1) is 14.2. The van der Waals surface area contributed by atoms with Crippen LogP contribution in [0.5, 0.6) is 5.75 Å². The number of ether oxygens (including phenoxy) is 1. The molecule has 0 fully saturated rings. The number of fused-ring (bicyclic) bond motifs is 1. The first-order valence-corrected chi connectivity index (χ1v) is 8.64. The smallest absolute Gasteiger partial charge is 0.150 e. The monoisotopic (exact) mass is 316 g/mol. The predicted molar refractivity (Wildman–Crippen MR) is 91.7 cm³/mol. The molecule has 0 saturated carbocycles. The molecule has 1 aromatic heterocycles. The topological polar surface area (TPSA) is 34.1 Å². The molecule has 0 bridgehead atoms. The van der Waals surface area contributed by atoms with Gasteiger partial charge in [0.25, 0.3) is 0 Å². The average Bonchev–Trinajstić information content (AvgIpc) is 2.95. The lowest BCUT2D eigenvalue weighted by Crippen LogP contribution is -1.98. The highest BCUT2D eigenvalue weighted by atomic mass is 32.2. The van der Waals surface area contributed by atoms with Crippen molar-refractivity contribution in [2.75, 3.05) is 18.7 Å². The average molecular weight is 316 g/mol. The van der Waals surface area contributed by atoms with Gasteiger partial charge in [-0.15, -0.1) is 11.3 Å². The number of thiazole rings is 1. The van der Waals surface area contributed by atoms with E-state index in [1.165, 1.54) is 10.3 Å². The number of aromatic nitrogens is 1. The second kappa shape index (κ2) is 6.37. The quantitative estimate of drug-likeness (QED) is 0.695. The van der Waals surface area contributed by atoms with E-state index >= 15 is 0 Å². The maximum atomic E-state index is 5.17. The number of thioether (sulfide) groups is 1. The maximum absolute atomic E-state index is 5.17. The first-order valence-electron chi connectivity index (χ1n) is 6.60. The van der Waals surface area contributed by atoms with E-state index in [9.17, 15) is 0 Å². The second-order valence-electron chi connectivity index (χ2n) is 4.57. The molecule has 0 radical (unpaired) electrons. The summed E-state index contributed by atoms with van der Waals surface area (Å²) in [6.45, 7) is 0.795. The molecule has 0 saturated heterocycles. The highest BCUT2D eigenvalue weighted by molar-refractivity contribution is 8.00. The number of anilines is 1. The second-order valence-corrected chi connectivity index (χ2v) is 6.65. The van der Waals surface area contributed by atoms with Crippen LogP contribution in [0.2, 0.25) is 0 Å². The minimum Gasteiger partial charge on any atom is -0.497 e. The highest BCUT2D eigenvalue weighted by Gasteiger charge is 2.03. The van der Waals surface area contributed by atoms with Crippen LogP contribution in [0.3, 0.4) is 0 Å². The van der Waals surface area contributed by atoms with Crippen LogP contribution in [0.15, 0.2) is 46.8 Å². The summed E-state index contributed by atoms with van der Waals surface area (Å²) >= 11 is 3.42. The Hall–Kier alpha value is -1.72. The number of methoxy groups -OCH3 is 1. The van der Waals surface area contributed by atoms with E-state index in [2.05, 4.69) is 46.9 Å². The van der Waals surface area contributed by atoms with Gasteiger partial charge in [0, 0.05) is 12.2 Å². The van der Waals surface area contributed by atoms with Gasteiger partial charge < -0.3 is 10.1 Å². The Morgan fingerprint density at radius 1 is 1.19 bits per heavy atom. The molecule has 0 aliphatic rings. The Morgan fingerprint density at radius 3 is 2.71 bits per heavy atom. The lowest BCUT2D eigenvalue weighted by Gasteiger charge is -2.07. The van der Waals surface area contributed by atoms with Gasteiger partial charge in [-0.1, -0.05) is 23.9 Å². The molecular formula is C16H16N2OS2. The molecule has 1 N–H and O–H groups in total. The lowest BCUT2D eigenvalue weighted by atomic mass is 10.2. The van der Waals surface area contributed by atoms with Crippen molar-refractivity contribution in [3.8, 4) is 5.75 Å². The van der Waals surface area contributed by atoms with Crippen LogP contribution < -0.4 is 10.1 Å². The van der Waals surface area contributed by atoms with Gasteiger partial charge in [0.2, 0.25) is 0 Å². The molecule has 5 heteroatoms. The number of benzene rings is 2. The normalized spacial score (nSPS) is 10.8. The largest absolute Gasteiger partial charge is 0.497 e. The molecule has 3 rings (SSSR count). The van der Waals surface area contributed by atoms with Gasteiger partial charge in [-0.2, -0.15) is 0 Å². The highest BCUT2D eigenvalue weighted by Crippen LogP contribution is 2.30. The molecule has 2 aromatic carbocycles. The van der Waals surface area contributed by atoms with E-state index in [-0.39, 0.29) is 0 Å². The molecule has 0 aliphatic heterocycles. The van der Waals surface area contributed by atoms with Gasteiger partial charge in [-0.3, -0.25) is 0 Å². The molecule has 0 unspecified atom stereocenters. The molecule has 108 valence electrons. The van der Waals surface area contributed by atoms with Gasteiger partial charge >= 0.3 is 0 Å². The van der Waals surface area contributed by atoms with Crippen LogP contribution >= 0.6 is 23.1 Å². The molecule has 0 spiro atoms. The summed E-state index contributed by atoms with van der Waals surface area (Å²) in [6, 6.07) is 14.4. The molecule has 0 atom stereocenters. The number of hydrogen-bond donors (Lipinski definition) is 1. The van der Waals surface area contributed by atoms with Crippen molar-refractivity contribution in [1.82, 2.24) is 4.98 Å². The van der Waals surface area contributed by atoms with Crippen LogP contribution in [-0.4, -0.2) is 18.3 Å². The van der Waals surface area contributed by atoms with E-state index in [1.54, 1.807) is 30.2 Å². The molecule has 3 aromatic rings. The Kier molecular flexibility index (Phi) is 4.31. The van der Waals surface area contributed by atoms with Crippen molar-refractivity contribution in [3.63, 3.8) is 0 Å². The fraction of sp³-hybridized carbons (Fsp3) is 0.188. The zero-order chi connectivity index (χ0) is 14.7. The molecule has 21 heavy (non-hydrogen) atoms. The zero-order valence-electron chi connectivity index (χ0n) is 11.9. The lowest BCUT2D eigenvalue weighted by molar-refractivity contribution is 0.414. The van der Waals surface area contributed by atoms with Crippen LogP contribution in [0.4, 0.5) is 5.69 Å². The van der Waals surface area contributed by atoms with Gasteiger partial charge in [0.1, 0.15) is 5.75 Å². The number of hydrogen-bond acceptors (Lipinski definition) is 5. The summed E-state index contributed by atoms with van der Waals surface area (Å²) in [5.74, 6) is 0.884. The van der Waals surface area contributed by atoms with Crippen LogP contribution in [0, 0.1) is 0 Å². The van der Waals surface area contributed by atoms with Crippen molar-refractivity contribution >= 4 is 39.0 Å². The number of rotatable bonds is 5. The Balaban J connectivity index is 1.71. The Morgan fingerprint density at radius 2 is 2.00 bits per heavy atom. The SMILES string of the molecule is COc1ccc(CNc2ccc3nc(SC)sc3c2)cc1. The summed E-state index contributed by atoms with van der Waals surface area (Å²) in [4.78, 5) is 4.55. The summed E-state index contributed by atoms with van der Waals surface area (Å²) in [7, 11) is 1.68. The zero-order valence-corrected chi connectivity index (χ0v) is 13.6. The Labute approximate surface area is 132 Å². The third-order valence-electron chi connectivity index (χ3n) is 3.20.